The summed E-state index contributed by atoms with van der Waals surface area (Å²) >= 11 is 5.89. The molecular formula is C27H21ClN4O. The van der Waals surface area contributed by atoms with Gasteiger partial charge in [0, 0.05) is 32.9 Å². The van der Waals surface area contributed by atoms with E-state index in [1.165, 1.54) is 5.56 Å². The van der Waals surface area contributed by atoms with Crippen LogP contribution in [0.2, 0.25) is 5.02 Å². The smallest absolute Gasteiger partial charge is 0.323 e. The standard InChI is InChI=1S/C27H21ClN4O/c1-17-6-15-25-23(16-17)26(22-4-2-3-5-24(22)32-25)29-19-11-13-21(14-12-19)31-27(33)30-20-9-7-18(28)8-10-20/h2-16H,1H3,(H,29,32)(H2,30,31,33). The number of nitrogens with one attached hydrogen (secondary N) is 3. The Balaban J connectivity index is 1.38. The van der Waals surface area contributed by atoms with Gasteiger partial charge >= 0.3 is 6.03 Å². The molecule has 5 rings (SSSR count). The van der Waals surface area contributed by atoms with E-state index in [9.17, 15) is 4.79 Å². The molecular weight excluding hydrogens is 432 g/mol. The number of urea groups is 1. The number of nitrogens with zero attached hydrogens (tertiary/aromatic N) is 1. The van der Waals surface area contributed by atoms with Gasteiger partial charge in [0.25, 0.3) is 0 Å². The van der Waals surface area contributed by atoms with E-state index in [1.807, 2.05) is 42.5 Å². The highest BCUT2D eigenvalue weighted by Gasteiger charge is 2.10. The number of anilines is 4. The summed E-state index contributed by atoms with van der Waals surface area (Å²) in [6.07, 6.45) is 0. The molecule has 0 unspecified atom stereocenters. The third kappa shape index (κ3) is 4.59. The molecule has 3 N–H and O–H groups in total. The first kappa shape index (κ1) is 20.8. The zero-order valence-electron chi connectivity index (χ0n) is 17.9. The van der Waals surface area contributed by atoms with Crippen molar-refractivity contribution in [2.75, 3.05) is 16.0 Å². The van der Waals surface area contributed by atoms with Crippen LogP contribution in [-0.2, 0) is 0 Å². The summed E-state index contributed by atoms with van der Waals surface area (Å²) in [7, 11) is 0. The van der Waals surface area contributed by atoms with Crippen LogP contribution >= 0.6 is 11.6 Å². The van der Waals surface area contributed by atoms with Crippen molar-refractivity contribution in [1.82, 2.24) is 4.98 Å². The number of benzene rings is 4. The Morgan fingerprint density at radius 3 is 2.06 bits per heavy atom. The van der Waals surface area contributed by atoms with Gasteiger partial charge in [0.2, 0.25) is 0 Å². The van der Waals surface area contributed by atoms with Crippen molar-refractivity contribution in [1.29, 1.82) is 0 Å². The van der Waals surface area contributed by atoms with E-state index in [4.69, 9.17) is 16.6 Å². The second kappa shape index (κ2) is 8.81. The quantitative estimate of drug-likeness (QED) is 0.244. The van der Waals surface area contributed by atoms with Crippen molar-refractivity contribution in [2.45, 2.75) is 6.92 Å². The maximum atomic E-state index is 12.3. The lowest BCUT2D eigenvalue weighted by Gasteiger charge is -2.14. The van der Waals surface area contributed by atoms with Crippen LogP contribution in [0.1, 0.15) is 5.56 Å². The number of carbonyl (C=O) groups excluding carboxylic acids is 1. The highest BCUT2D eigenvalue weighted by molar-refractivity contribution is 6.30. The second-order valence-electron chi connectivity index (χ2n) is 7.81. The molecule has 33 heavy (non-hydrogen) atoms. The molecule has 0 radical (unpaired) electrons. The van der Waals surface area contributed by atoms with Gasteiger partial charge in [-0.05, 0) is 73.7 Å². The van der Waals surface area contributed by atoms with Gasteiger partial charge in [0.15, 0.2) is 0 Å². The van der Waals surface area contributed by atoms with Gasteiger partial charge in [0.05, 0.1) is 16.7 Å². The van der Waals surface area contributed by atoms with E-state index in [2.05, 4.69) is 47.1 Å². The summed E-state index contributed by atoms with van der Waals surface area (Å²) in [6.45, 7) is 2.08. The first-order valence-corrected chi connectivity index (χ1v) is 10.9. The normalized spacial score (nSPS) is 10.8. The lowest BCUT2D eigenvalue weighted by molar-refractivity contribution is 0.262. The molecule has 0 aliphatic heterocycles. The number of carbonyl (C=O) groups is 1. The lowest BCUT2D eigenvalue weighted by Crippen LogP contribution is -2.19. The van der Waals surface area contributed by atoms with Gasteiger partial charge < -0.3 is 16.0 Å². The third-order valence-electron chi connectivity index (χ3n) is 5.35. The molecule has 0 aliphatic rings. The first-order chi connectivity index (χ1) is 16.0. The molecule has 162 valence electrons. The number of rotatable bonds is 4. The maximum absolute atomic E-state index is 12.3. The maximum Gasteiger partial charge on any atom is 0.323 e. The minimum absolute atomic E-state index is 0.320. The molecule has 0 saturated heterocycles. The van der Waals surface area contributed by atoms with Crippen molar-refractivity contribution < 1.29 is 4.79 Å². The van der Waals surface area contributed by atoms with Crippen LogP contribution in [-0.4, -0.2) is 11.0 Å². The SMILES string of the molecule is Cc1ccc2nc3ccccc3c(Nc3ccc(NC(=O)Nc4ccc(Cl)cc4)cc3)c2c1. The van der Waals surface area contributed by atoms with Crippen molar-refractivity contribution in [3.05, 3.63) is 102 Å². The number of aromatic nitrogens is 1. The number of para-hydroxylation sites is 1. The number of halogens is 1. The zero-order valence-corrected chi connectivity index (χ0v) is 18.6. The molecule has 2 amide bonds. The molecule has 5 nitrogen and oxygen atoms in total. The Bertz CT molecular complexity index is 1460. The summed E-state index contributed by atoms with van der Waals surface area (Å²) < 4.78 is 0. The fourth-order valence-corrected chi connectivity index (χ4v) is 3.87. The van der Waals surface area contributed by atoms with E-state index < -0.39 is 0 Å². The van der Waals surface area contributed by atoms with Crippen LogP contribution in [0.3, 0.4) is 0 Å². The number of pyridine rings is 1. The Morgan fingerprint density at radius 2 is 1.33 bits per heavy atom. The van der Waals surface area contributed by atoms with Crippen LogP contribution in [0, 0.1) is 6.92 Å². The zero-order chi connectivity index (χ0) is 22.8. The number of fused-ring (bicyclic) bond motifs is 2. The number of hydrogen-bond donors (Lipinski definition) is 3. The minimum atomic E-state index is -0.320. The molecule has 0 saturated carbocycles. The number of aryl methyl sites for hydroxylation is 1. The van der Waals surface area contributed by atoms with Crippen molar-refractivity contribution >= 4 is 62.2 Å². The highest BCUT2D eigenvalue weighted by atomic mass is 35.5. The van der Waals surface area contributed by atoms with E-state index in [-0.39, 0.29) is 6.03 Å². The summed E-state index contributed by atoms with van der Waals surface area (Å²) in [5, 5.41) is 11.9. The van der Waals surface area contributed by atoms with Gasteiger partial charge in [0.1, 0.15) is 0 Å². The second-order valence-corrected chi connectivity index (χ2v) is 8.25. The van der Waals surface area contributed by atoms with Crippen LogP contribution < -0.4 is 16.0 Å². The highest BCUT2D eigenvalue weighted by Crippen LogP contribution is 2.33. The van der Waals surface area contributed by atoms with Gasteiger partial charge in [-0.3, -0.25) is 0 Å². The van der Waals surface area contributed by atoms with E-state index >= 15 is 0 Å². The van der Waals surface area contributed by atoms with Crippen LogP contribution in [0.15, 0.2) is 91.0 Å². The van der Waals surface area contributed by atoms with Crippen molar-refractivity contribution in [2.24, 2.45) is 0 Å². The molecule has 1 aromatic heterocycles. The van der Waals surface area contributed by atoms with Crippen LogP contribution in [0.4, 0.5) is 27.5 Å². The minimum Gasteiger partial charge on any atom is -0.354 e. The number of hydrogen-bond acceptors (Lipinski definition) is 3. The molecule has 5 aromatic rings. The van der Waals surface area contributed by atoms with Crippen molar-refractivity contribution in [3.63, 3.8) is 0 Å². The Hall–Kier alpha value is -4.09. The fraction of sp³-hybridized carbons (Fsp3) is 0.0370. The fourth-order valence-electron chi connectivity index (χ4n) is 3.75. The largest absolute Gasteiger partial charge is 0.354 e. The Kier molecular flexibility index (Phi) is 5.55. The van der Waals surface area contributed by atoms with E-state index in [1.54, 1.807) is 24.3 Å². The molecule has 0 aliphatic carbocycles. The van der Waals surface area contributed by atoms with Crippen molar-refractivity contribution in [3.8, 4) is 0 Å². The van der Waals surface area contributed by atoms with Gasteiger partial charge in [-0.25, -0.2) is 9.78 Å². The summed E-state index contributed by atoms with van der Waals surface area (Å²) in [5.41, 5.74) is 6.34. The van der Waals surface area contributed by atoms with E-state index in [0.29, 0.717) is 16.4 Å². The number of amides is 2. The summed E-state index contributed by atoms with van der Waals surface area (Å²) in [4.78, 5) is 17.1. The molecule has 0 bridgehead atoms. The summed E-state index contributed by atoms with van der Waals surface area (Å²) in [5.74, 6) is 0. The first-order valence-electron chi connectivity index (χ1n) is 10.5. The molecule has 0 atom stereocenters. The topological polar surface area (TPSA) is 66.0 Å². The van der Waals surface area contributed by atoms with Gasteiger partial charge in [-0.15, -0.1) is 0 Å². The lowest BCUT2D eigenvalue weighted by atomic mass is 10.1. The average molecular weight is 453 g/mol. The van der Waals surface area contributed by atoms with Gasteiger partial charge in [-0.1, -0.05) is 41.4 Å². The molecule has 4 aromatic carbocycles. The monoisotopic (exact) mass is 452 g/mol. The predicted molar refractivity (Wildman–Crippen MR) is 138 cm³/mol. The van der Waals surface area contributed by atoms with Crippen LogP contribution in [0.5, 0.6) is 0 Å². The average Bonchev–Trinajstić information content (AvgIpc) is 2.82. The van der Waals surface area contributed by atoms with Gasteiger partial charge in [-0.2, -0.15) is 0 Å². The third-order valence-corrected chi connectivity index (χ3v) is 5.60. The van der Waals surface area contributed by atoms with Crippen LogP contribution in [0.25, 0.3) is 21.8 Å². The Morgan fingerprint density at radius 1 is 0.727 bits per heavy atom. The molecule has 1 heterocycles. The molecule has 0 spiro atoms. The molecule has 6 heteroatoms. The predicted octanol–water partition coefficient (Wildman–Crippen LogP) is 7.74. The summed E-state index contributed by atoms with van der Waals surface area (Å²) in [6, 6.07) is 28.6. The molecule has 0 fully saturated rings. The Labute approximate surface area is 196 Å². The van der Waals surface area contributed by atoms with E-state index in [0.717, 1.165) is 33.2 Å².